The van der Waals surface area contributed by atoms with Crippen molar-refractivity contribution >= 4 is 63.1 Å². The number of nitrogens with one attached hydrogen (secondary N) is 1. The fraction of sp³-hybridized carbons (Fsp3) is 0.333. The Morgan fingerprint density at radius 2 is 2.17 bits per heavy atom. The van der Waals surface area contributed by atoms with E-state index in [1.807, 2.05) is 24.9 Å². The third-order valence-corrected chi connectivity index (χ3v) is 4.62. The number of halogens is 2. The number of aliphatic imine (C=N–C) groups is 1. The molecule has 0 aliphatic carbocycles. The second-order valence-corrected chi connectivity index (χ2v) is 7.41. The Balaban J connectivity index is 0.00000288. The highest BCUT2D eigenvalue weighted by molar-refractivity contribution is 14.0. The lowest BCUT2D eigenvalue weighted by atomic mass is 10.4. The van der Waals surface area contributed by atoms with Crippen LogP contribution < -0.4 is 11.1 Å². The van der Waals surface area contributed by atoms with Crippen LogP contribution >= 0.6 is 51.2 Å². The van der Waals surface area contributed by atoms with Crippen molar-refractivity contribution < 1.29 is 9.21 Å². The van der Waals surface area contributed by atoms with Crippen LogP contribution in [0.15, 0.2) is 37.5 Å². The lowest BCUT2D eigenvalue weighted by Crippen LogP contribution is -2.38. The van der Waals surface area contributed by atoms with Gasteiger partial charge in [-0.3, -0.25) is 4.79 Å². The Kier molecular flexibility index (Phi) is 8.78. The van der Waals surface area contributed by atoms with E-state index >= 15 is 0 Å². The maximum atomic E-state index is 11.0. The van der Waals surface area contributed by atoms with Gasteiger partial charge < -0.3 is 20.4 Å². The summed E-state index contributed by atoms with van der Waals surface area (Å²) in [5, 5.41) is 3.24. The fourth-order valence-electron chi connectivity index (χ4n) is 1.96. The second-order valence-electron chi connectivity index (χ2n) is 4.86. The van der Waals surface area contributed by atoms with E-state index in [-0.39, 0.29) is 29.7 Å². The van der Waals surface area contributed by atoms with Crippen molar-refractivity contribution in [1.82, 2.24) is 10.2 Å². The second kappa shape index (κ2) is 10.0. The van der Waals surface area contributed by atoms with Gasteiger partial charge in [0, 0.05) is 18.5 Å². The summed E-state index contributed by atoms with van der Waals surface area (Å²) in [4.78, 5) is 18.9. The first-order valence-corrected chi connectivity index (χ1v) is 8.72. The SMILES string of the molecule is CCNC(=NCc1ccc(C(N)=O)o1)N(C)Cc1ccc(Br)s1.I. The summed E-state index contributed by atoms with van der Waals surface area (Å²) in [6.07, 6.45) is 0. The number of carbonyl (C=O) groups excluding carboxylic acids is 1. The van der Waals surface area contributed by atoms with Crippen molar-refractivity contribution in [3.63, 3.8) is 0 Å². The van der Waals surface area contributed by atoms with Crippen LogP contribution in [0.4, 0.5) is 0 Å². The molecule has 0 fully saturated rings. The summed E-state index contributed by atoms with van der Waals surface area (Å²) in [5.41, 5.74) is 5.18. The normalized spacial score (nSPS) is 11.0. The number of rotatable bonds is 6. The van der Waals surface area contributed by atoms with Gasteiger partial charge in [0.25, 0.3) is 5.91 Å². The van der Waals surface area contributed by atoms with Crippen molar-refractivity contribution in [2.24, 2.45) is 10.7 Å². The summed E-state index contributed by atoms with van der Waals surface area (Å²) < 4.78 is 6.45. The van der Waals surface area contributed by atoms with E-state index in [1.54, 1.807) is 23.5 Å². The van der Waals surface area contributed by atoms with Gasteiger partial charge in [-0.15, -0.1) is 35.3 Å². The number of primary amides is 1. The lowest BCUT2D eigenvalue weighted by Gasteiger charge is -2.21. The predicted molar refractivity (Wildman–Crippen MR) is 111 cm³/mol. The molecule has 132 valence electrons. The van der Waals surface area contributed by atoms with Crippen molar-refractivity contribution in [2.75, 3.05) is 13.6 Å². The largest absolute Gasteiger partial charge is 0.454 e. The number of nitrogens with two attached hydrogens (primary N) is 1. The molecule has 9 heteroatoms. The fourth-order valence-corrected chi connectivity index (χ4v) is 3.50. The molecular weight excluding hydrogens is 507 g/mol. The molecule has 24 heavy (non-hydrogen) atoms. The van der Waals surface area contributed by atoms with Gasteiger partial charge in [0.15, 0.2) is 11.7 Å². The third kappa shape index (κ3) is 6.10. The van der Waals surface area contributed by atoms with Gasteiger partial charge in [-0.25, -0.2) is 4.99 Å². The summed E-state index contributed by atoms with van der Waals surface area (Å²) >= 11 is 5.16. The zero-order valence-electron chi connectivity index (χ0n) is 13.4. The topological polar surface area (TPSA) is 83.9 Å². The van der Waals surface area contributed by atoms with Crippen LogP contribution in [0.25, 0.3) is 0 Å². The van der Waals surface area contributed by atoms with Crippen molar-refractivity contribution in [3.05, 3.63) is 44.4 Å². The minimum Gasteiger partial charge on any atom is -0.454 e. The summed E-state index contributed by atoms with van der Waals surface area (Å²) in [6.45, 7) is 3.88. The van der Waals surface area contributed by atoms with Crippen molar-refractivity contribution in [3.8, 4) is 0 Å². The summed E-state index contributed by atoms with van der Waals surface area (Å²) in [5.74, 6) is 0.944. The Bertz CT molecular complexity index is 701. The van der Waals surface area contributed by atoms with E-state index in [4.69, 9.17) is 10.2 Å². The average molecular weight is 527 g/mol. The van der Waals surface area contributed by atoms with E-state index in [2.05, 4.69) is 32.3 Å². The molecule has 0 saturated carbocycles. The molecule has 2 aromatic heterocycles. The van der Waals surface area contributed by atoms with Crippen molar-refractivity contribution in [2.45, 2.75) is 20.0 Å². The summed E-state index contributed by atoms with van der Waals surface area (Å²) in [6, 6.07) is 7.39. The van der Waals surface area contributed by atoms with Crippen LogP contribution in [-0.2, 0) is 13.1 Å². The van der Waals surface area contributed by atoms with Gasteiger partial charge >= 0.3 is 0 Å². The number of nitrogens with zero attached hydrogens (tertiary/aromatic N) is 2. The Hall–Kier alpha value is -1.07. The number of amides is 1. The quantitative estimate of drug-likeness (QED) is 0.343. The maximum Gasteiger partial charge on any atom is 0.284 e. The number of hydrogen-bond acceptors (Lipinski definition) is 4. The van der Waals surface area contributed by atoms with Gasteiger partial charge in [-0.2, -0.15) is 0 Å². The number of thiophene rings is 1. The van der Waals surface area contributed by atoms with Gasteiger partial charge in [-0.05, 0) is 47.1 Å². The zero-order chi connectivity index (χ0) is 16.8. The van der Waals surface area contributed by atoms with Crippen LogP contribution in [0, 0.1) is 0 Å². The minimum absolute atomic E-state index is 0. The van der Waals surface area contributed by atoms with Crippen LogP contribution in [-0.4, -0.2) is 30.4 Å². The first-order chi connectivity index (χ1) is 11.0. The molecule has 2 aromatic rings. The molecular formula is C15H20BrIN4O2S. The summed E-state index contributed by atoms with van der Waals surface area (Å²) in [7, 11) is 1.98. The smallest absolute Gasteiger partial charge is 0.284 e. The molecule has 0 radical (unpaired) electrons. The van der Waals surface area contributed by atoms with Gasteiger partial charge in [-0.1, -0.05) is 0 Å². The van der Waals surface area contributed by atoms with Crippen LogP contribution in [0.1, 0.15) is 28.1 Å². The molecule has 3 N–H and O–H groups in total. The number of carbonyl (C=O) groups is 1. The maximum absolute atomic E-state index is 11.0. The van der Waals surface area contributed by atoms with E-state index in [9.17, 15) is 4.79 Å². The first kappa shape index (κ1) is 21.0. The molecule has 0 bridgehead atoms. The molecule has 0 aliphatic heterocycles. The van der Waals surface area contributed by atoms with E-state index < -0.39 is 5.91 Å². The number of guanidine groups is 1. The number of furan rings is 1. The third-order valence-electron chi connectivity index (χ3n) is 3.01. The Labute approximate surface area is 170 Å². The molecule has 6 nitrogen and oxygen atoms in total. The molecule has 0 saturated heterocycles. The average Bonchev–Trinajstić information content (AvgIpc) is 3.12. The van der Waals surface area contributed by atoms with Gasteiger partial charge in [0.2, 0.25) is 0 Å². The first-order valence-electron chi connectivity index (χ1n) is 7.11. The molecule has 0 aliphatic rings. The molecule has 2 rings (SSSR count). The van der Waals surface area contributed by atoms with Crippen molar-refractivity contribution in [1.29, 1.82) is 0 Å². The molecule has 2 heterocycles. The lowest BCUT2D eigenvalue weighted by molar-refractivity contribution is 0.0972. The standard InChI is InChI=1S/C15H19BrN4O2S.HI/c1-3-18-15(20(2)9-11-5-7-13(16)23-11)19-8-10-4-6-12(22-10)14(17)21;/h4-7H,3,8-9H2,1-2H3,(H2,17,21)(H,18,19);1H. The van der Waals surface area contributed by atoms with Crippen LogP contribution in [0.2, 0.25) is 0 Å². The predicted octanol–water partition coefficient (Wildman–Crippen LogP) is 3.42. The monoisotopic (exact) mass is 526 g/mol. The van der Waals surface area contributed by atoms with E-state index in [0.717, 1.165) is 22.8 Å². The highest BCUT2D eigenvalue weighted by Crippen LogP contribution is 2.23. The Morgan fingerprint density at radius 1 is 1.42 bits per heavy atom. The van der Waals surface area contributed by atoms with Gasteiger partial charge in [0.05, 0.1) is 10.3 Å². The van der Waals surface area contributed by atoms with E-state index in [1.165, 1.54) is 4.88 Å². The van der Waals surface area contributed by atoms with E-state index in [0.29, 0.717) is 12.3 Å². The van der Waals surface area contributed by atoms with Crippen LogP contribution in [0.3, 0.4) is 0 Å². The molecule has 0 unspecified atom stereocenters. The zero-order valence-corrected chi connectivity index (χ0v) is 18.1. The number of hydrogen-bond donors (Lipinski definition) is 2. The van der Waals surface area contributed by atoms with Crippen LogP contribution in [0.5, 0.6) is 0 Å². The highest BCUT2D eigenvalue weighted by atomic mass is 127. The van der Waals surface area contributed by atoms with Gasteiger partial charge in [0.1, 0.15) is 12.3 Å². The minimum atomic E-state index is -0.576. The molecule has 0 atom stereocenters. The molecule has 0 aromatic carbocycles. The Morgan fingerprint density at radius 3 is 2.71 bits per heavy atom. The molecule has 0 spiro atoms. The highest BCUT2D eigenvalue weighted by Gasteiger charge is 2.10. The molecule has 1 amide bonds.